The Morgan fingerprint density at radius 3 is 2.58 bits per heavy atom. The van der Waals surface area contributed by atoms with E-state index in [1.165, 1.54) is 41.5 Å². The van der Waals surface area contributed by atoms with Crippen LogP contribution in [0.3, 0.4) is 0 Å². The van der Waals surface area contributed by atoms with Crippen LogP contribution in [-0.2, 0) is 4.79 Å². The van der Waals surface area contributed by atoms with E-state index in [9.17, 15) is 19.1 Å². The van der Waals surface area contributed by atoms with Gasteiger partial charge in [0.25, 0.3) is 5.91 Å². The average molecular weight is 438 g/mol. The lowest BCUT2D eigenvalue weighted by molar-refractivity contribution is -0.117. The number of amides is 1. The van der Waals surface area contributed by atoms with Crippen molar-refractivity contribution in [3.63, 3.8) is 0 Å². The molecule has 8 heteroatoms. The van der Waals surface area contributed by atoms with Gasteiger partial charge in [-0.05, 0) is 49.7 Å². The smallest absolute Gasteiger partial charge is 0.294 e. The Kier molecular flexibility index (Phi) is 5.32. The first kappa shape index (κ1) is 20.7. The first-order valence-corrected chi connectivity index (χ1v) is 10.3. The minimum absolute atomic E-state index is 0.0748. The van der Waals surface area contributed by atoms with Crippen molar-refractivity contribution < 1.29 is 23.8 Å². The van der Waals surface area contributed by atoms with Gasteiger partial charge in [0.15, 0.2) is 5.76 Å². The molecule has 0 saturated heterocycles. The van der Waals surface area contributed by atoms with E-state index in [1.54, 1.807) is 44.2 Å². The summed E-state index contributed by atoms with van der Waals surface area (Å²) in [5, 5.41) is 11.5. The molecule has 158 valence electrons. The largest absolute Gasteiger partial charge is 0.503 e. The van der Waals surface area contributed by atoms with Gasteiger partial charge in [0.1, 0.15) is 11.6 Å². The summed E-state index contributed by atoms with van der Waals surface area (Å²) in [6.45, 7) is 3.48. The predicted octanol–water partition coefficient (Wildman–Crippen LogP) is 4.69. The molecule has 0 spiro atoms. The minimum Gasteiger partial charge on any atom is -0.503 e. The number of carbonyl (C=O) groups excluding carboxylic acids is 2. The number of methoxy groups -OCH3 is 1. The van der Waals surface area contributed by atoms with Crippen LogP contribution < -0.4 is 9.64 Å². The van der Waals surface area contributed by atoms with Crippen LogP contribution in [-0.4, -0.2) is 28.9 Å². The lowest BCUT2D eigenvalue weighted by atomic mass is 9.94. The minimum atomic E-state index is -0.960. The monoisotopic (exact) mass is 438 g/mol. The maximum Gasteiger partial charge on any atom is 0.294 e. The molecule has 1 aromatic heterocycles. The van der Waals surface area contributed by atoms with E-state index in [1.807, 2.05) is 0 Å². The van der Waals surface area contributed by atoms with Gasteiger partial charge in [-0.25, -0.2) is 9.37 Å². The maximum absolute atomic E-state index is 14.0. The number of Topliss-reactive ketones (excluding diaryl/α,β-unsaturated/α-hetero) is 1. The first-order chi connectivity index (χ1) is 14.8. The molecule has 0 bridgehead atoms. The summed E-state index contributed by atoms with van der Waals surface area (Å²) in [7, 11) is 1.51. The number of hydrogen-bond acceptors (Lipinski definition) is 6. The van der Waals surface area contributed by atoms with Crippen LogP contribution in [0.2, 0.25) is 0 Å². The van der Waals surface area contributed by atoms with Gasteiger partial charge < -0.3 is 9.84 Å². The van der Waals surface area contributed by atoms with Gasteiger partial charge in [-0.15, -0.1) is 11.3 Å². The molecule has 1 N–H and O–H groups in total. The Morgan fingerprint density at radius 1 is 1.19 bits per heavy atom. The van der Waals surface area contributed by atoms with E-state index in [4.69, 9.17) is 4.74 Å². The Hall–Kier alpha value is -3.52. The fourth-order valence-corrected chi connectivity index (χ4v) is 4.59. The molecule has 1 unspecified atom stereocenters. The maximum atomic E-state index is 14.0. The van der Waals surface area contributed by atoms with Gasteiger partial charge >= 0.3 is 0 Å². The number of aliphatic hydroxyl groups is 1. The molecule has 0 fully saturated rings. The number of carbonyl (C=O) groups is 2. The molecule has 1 atom stereocenters. The van der Waals surface area contributed by atoms with Crippen LogP contribution >= 0.6 is 11.3 Å². The molecule has 1 amide bonds. The highest BCUT2D eigenvalue weighted by Crippen LogP contribution is 2.43. The first-order valence-electron chi connectivity index (χ1n) is 9.46. The summed E-state index contributed by atoms with van der Waals surface area (Å²) >= 11 is 1.20. The average Bonchev–Trinajstić information content (AvgIpc) is 3.23. The number of halogens is 1. The van der Waals surface area contributed by atoms with Crippen molar-refractivity contribution >= 4 is 28.7 Å². The van der Waals surface area contributed by atoms with Crippen LogP contribution in [0.5, 0.6) is 5.75 Å². The van der Waals surface area contributed by atoms with Crippen LogP contribution in [0.1, 0.15) is 32.0 Å². The van der Waals surface area contributed by atoms with Crippen molar-refractivity contribution in [2.75, 3.05) is 12.0 Å². The highest BCUT2D eigenvalue weighted by molar-refractivity contribution is 7.14. The topological polar surface area (TPSA) is 79.7 Å². The second-order valence-electron chi connectivity index (χ2n) is 7.07. The lowest BCUT2D eigenvalue weighted by Crippen LogP contribution is -2.31. The molecule has 0 aliphatic carbocycles. The zero-order valence-corrected chi connectivity index (χ0v) is 17.9. The number of aryl methyl sites for hydroxylation is 2. The van der Waals surface area contributed by atoms with Crippen LogP contribution in [0, 0.1) is 19.7 Å². The Balaban J connectivity index is 1.92. The Morgan fingerprint density at radius 2 is 1.94 bits per heavy atom. The molecule has 0 saturated carbocycles. The number of ketones is 1. The molecule has 1 aliphatic heterocycles. The van der Waals surface area contributed by atoms with Gasteiger partial charge in [-0.2, -0.15) is 0 Å². The summed E-state index contributed by atoms with van der Waals surface area (Å²) in [5.41, 5.74) is 1.22. The molecule has 0 radical (unpaired) electrons. The van der Waals surface area contributed by atoms with E-state index in [0.717, 1.165) is 0 Å². The van der Waals surface area contributed by atoms with E-state index < -0.39 is 29.3 Å². The number of aromatic nitrogens is 1. The number of benzene rings is 2. The third-order valence-corrected chi connectivity index (χ3v) is 6.13. The van der Waals surface area contributed by atoms with Crippen LogP contribution in [0.4, 0.5) is 10.1 Å². The van der Waals surface area contributed by atoms with Crippen molar-refractivity contribution in [3.8, 4) is 5.75 Å². The number of rotatable bonds is 5. The molecule has 4 rings (SSSR count). The molecule has 6 nitrogen and oxygen atoms in total. The number of anilines is 1. The van der Waals surface area contributed by atoms with Crippen molar-refractivity contribution in [2.24, 2.45) is 0 Å². The summed E-state index contributed by atoms with van der Waals surface area (Å²) in [4.78, 5) is 32.4. The third kappa shape index (κ3) is 3.59. The summed E-state index contributed by atoms with van der Waals surface area (Å²) in [5.74, 6) is -1.94. The number of nitrogens with zero attached hydrogens (tertiary/aromatic N) is 2. The fraction of sp³-hybridized carbons (Fsp3) is 0.174. The summed E-state index contributed by atoms with van der Waals surface area (Å²) in [6, 6.07) is 11.4. The predicted molar refractivity (Wildman–Crippen MR) is 115 cm³/mol. The van der Waals surface area contributed by atoms with Crippen molar-refractivity contribution in [3.05, 3.63) is 86.8 Å². The molecule has 1 aliphatic rings. The summed E-state index contributed by atoms with van der Waals surface area (Å²) < 4.78 is 19.3. The SMILES string of the molecule is COc1cccc(C2C(C(=O)c3sc(C)nc3C)=C(O)C(=O)N2c2cccc(F)c2)c1. The van der Waals surface area contributed by atoms with E-state index in [-0.39, 0.29) is 11.3 Å². The Bertz CT molecular complexity index is 1230. The van der Waals surface area contributed by atoms with Crippen molar-refractivity contribution in [1.29, 1.82) is 0 Å². The van der Waals surface area contributed by atoms with Gasteiger partial charge in [0.05, 0.1) is 34.3 Å². The highest BCUT2D eigenvalue weighted by atomic mass is 32.1. The molecule has 2 aromatic carbocycles. The Labute approximate surface area is 182 Å². The van der Waals surface area contributed by atoms with Gasteiger partial charge in [-0.3, -0.25) is 14.5 Å². The third-order valence-electron chi connectivity index (χ3n) is 5.06. The molecule has 3 aromatic rings. The molecule has 2 heterocycles. The standard InChI is InChI=1S/C23H19FN2O4S/c1-12-22(31-13(2)25-12)20(27)18-19(14-6-4-9-17(10-14)30-3)26(23(29)21(18)28)16-8-5-7-15(24)11-16/h4-11,19,28H,1-3H3. The zero-order chi connectivity index (χ0) is 22.3. The van der Waals surface area contributed by atoms with Crippen molar-refractivity contribution in [2.45, 2.75) is 19.9 Å². The van der Waals surface area contributed by atoms with Crippen LogP contribution in [0.15, 0.2) is 59.9 Å². The summed E-state index contributed by atoms with van der Waals surface area (Å²) in [6.07, 6.45) is 0. The van der Waals surface area contributed by atoms with Gasteiger partial charge in [0.2, 0.25) is 5.78 Å². The van der Waals surface area contributed by atoms with Gasteiger partial charge in [0, 0.05) is 5.69 Å². The molecule has 31 heavy (non-hydrogen) atoms. The number of aliphatic hydroxyl groups excluding tert-OH is 1. The van der Waals surface area contributed by atoms with Gasteiger partial charge in [-0.1, -0.05) is 18.2 Å². The van der Waals surface area contributed by atoms with E-state index in [2.05, 4.69) is 4.98 Å². The van der Waals surface area contributed by atoms with E-state index >= 15 is 0 Å². The number of ether oxygens (including phenoxy) is 1. The number of hydrogen-bond donors (Lipinski definition) is 1. The second kappa shape index (κ2) is 7.96. The number of thiazole rings is 1. The lowest BCUT2D eigenvalue weighted by Gasteiger charge is -2.27. The zero-order valence-electron chi connectivity index (χ0n) is 17.0. The normalized spacial score (nSPS) is 16.2. The van der Waals surface area contributed by atoms with Crippen molar-refractivity contribution in [1.82, 2.24) is 4.98 Å². The van der Waals surface area contributed by atoms with E-state index in [0.29, 0.717) is 26.9 Å². The molecular weight excluding hydrogens is 419 g/mol. The second-order valence-corrected chi connectivity index (χ2v) is 8.28. The van der Waals surface area contributed by atoms with Crippen LogP contribution in [0.25, 0.3) is 0 Å². The fourth-order valence-electron chi connectivity index (χ4n) is 3.72. The molecular formula is C23H19FN2O4S. The highest BCUT2D eigenvalue weighted by Gasteiger charge is 2.45. The quantitative estimate of drug-likeness (QED) is 0.585.